The van der Waals surface area contributed by atoms with Gasteiger partial charge in [-0.1, -0.05) is 66.7 Å². The highest BCUT2D eigenvalue weighted by Gasteiger charge is 2.20. The highest BCUT2D eigenvalue weighted by atomic mass is 32.1. The van der Waals surface area contributed by atoms with Crippen LogP contribution in [0, 0.1) is 0 Å². The van der Waals surface area contributed by atoms with Crippen molar-refractivity contribution in [2.45, 2.75) is 0 Å². The van der Waals surface area contributed by atoms with Gasteiger partial charge < -0.3 is 4.57 Å². The molecule has 0 amide bonds. The molecule has 170 valence electrons. The number of para-hydroxylation sites is 2. The van der Waals surface area contributed by atoms with Crippen molar-refractivity contribution in [1.82, 2.24) is 9.13 Å². The Labute approximate surface area is 212 Å². The summed E-state index contributed by atoms with van der Waals surface area (Å²) in [4.78, 5) is 0. The fourth-order valence-corrected chi connectivity index (χ4v) is 6.96. The van der Waals surface area contributed by atoms with E-state index in [4.69, 9.17) is 0 Å². The van der Waals surface area contributed by atoms with E-state index in [0.29, 0.717) is 0 Å². The van der Waals surface area contributed by atoms with E-state index in [2.05, 4.69) is 131 Å². The van der Waals surface area contributed by atoms with Crippen LogP contribution in [0.2, 0.25) is 0 Å². The molecule has 0 aliphatic rings. The Morgan fingerprint density at radius 3 is 2.06 bits per heavy atom. The Hall–Kier alpha value is -4.34. The lowest BCUT2D eigenvalue weighted by Crippen LogP contribution is -1.98. The Bertz CT molecular complexity index is 2100. The first-order valence-corrected chi connectivity index (χ1v) is 13.1. The first-order valence-electron chi connectivity index (χ1n) is 12.3. The van der Waals surface area contributed by atoms with E-state index in [-0.39, 0.29) is 0 Å². The van der Waals surface area contributed by atoms with Crippen molar-refractivity contribution in [1.29, 1.82) is 0 Å². The fraction of sp³-hybridized carbons (Fsp3) is 0.0303. The summed E-state index contributed by atoms with van der Waals surface area (Å²) in [5, 5.41) is 6.58. The number of rotatable bonds is 2. The molecule has 0 aliphatic carbocycles. The van der Waals surface area contributed by atoms with Crippen molar-refractivity contribution >= 4 is 64.3 Å². The molecule has 0 radical (unpaired) electrons. The van der Waals surface area contributed by atoms with Crippen LogP contribution in [0.15, 0.2) is 115 Å². The topological polar surface area (TPSA) is 9.86 Å². The minimum Gasteiger partial charge on any atom is -0.329 e. The number of aromatic nitrogens is 2. The third kappa shape index (κ3) is 2.66. The molecule has 3 heteroatoms. The number of aryl methyl sites for hydroxylation is 1. The van der Waals surface area contributed by atoms with Crippen LogP contribution in [0.5, 0.6) is 0 Å². The quantitative estimate of drug-likeness (QED) is 0.234. The lowest BCUT2D eigenvalue weighted by atomic mass is 10.0. The van der Waals surface area contributed by atoms with Gasteiger partial charge in [-0.2, -0.15) is 0 Å². The molecule has 0 aliphatic heterocycles. The molecule has 0 atom stereocenters. The van der Waals surface area contributed by atoms with Crippen LogP contribution < -0.4 is 0 Å². The number of fused-ring (bicyclic) bond motifs is 8. The highest BCUT2D eigenvalue weighted by molar-refractivity contribution is 7.25. The zero-order valence-corrected chi connectivity index (χ0v) is 20.6. The molecule has 0 saturated heterocycles. The van der Waals surface area contributed by atoms with Gasteiger partial charge in [0.15, 0.2) is 0 Å². The van der Waals surface area contributed by atoms with Gasteiger partial charge in [-0.25, -0.2) is 0 Å². The molecule has 0 fully saturated rings. The molecule has 8 aromatic rings. The third-order valence-electron chi connectivity index (χ3n) is 7.52. The maximum Gasteiger partial charge on any atom is 0.126 e. The Morgan fingerprint density at radius 1 is 0.528 bits per heavy atom. The number of benzene rings is 5. The molecule has 0 spiro atoms. The summed E-state index contributed by atoms with van der Waals surface area (Å²) in [6, 6.07) is 42.0. The van der Waals surface area contributed by atoms with E-state index in [0.717, 1.165) is 0 Å². The van der Waals surface area contributed by atoms with Crippen molar-refractivity contribution in [2.24, 2.45) is 7.05 Å². The predicted molar refractivity (Wildman–Crippen MR) is 156 cm³/mol. The van der Waals surface area contributed by atoms with Crippen LogP contribution >= 0.6 is 11.3 Å². The van der Waals surface area contributed by atoms with Gasteiger partial charge in [0.2, 0.25) is 0 Å². The Morgan fingerprint density at radius 2 is 1.19 bits per heavy atom. The molecular weight excluding hydrogens is 456 g/mol. The molecule has 36 heavy (non-hydrogen) atoms. The van der Waals surface area contributed by atoms with Crippen LogP contribution in [0.3, 0.4) is 0 Å². The molecule has 3 heterocycles. The highest BCUT2D eigenvalue weighted by Crippen LogP contribution is 2.41. The van der Waals surface area contributed by atoms with Gasteiger partial charge in [0, 0.05) is 49.1 Å². The number of hydrogen-bond donors (Lipinski definition) is 0. The van der Waals surface area contributed by atoms with Crippen LogP contribution in [0.1, 0.15) is 0 Å². The molecule has 0 bridgehead atoms. The van der Waals surface area contributed by atoms with Gasteiger partial charge in [-0.05, 0) is 59.7 Å². The summed E-state index contributed by atoms with van der Waals surface area (Å²) in [6.07, 6.45) is 0. The largest absolute Gasteiger partial charge is 0.329 e. The molecule has 3 aromatic heterocycles. The molecule has 0 saturated carbocycles. The van der Waals surface area contributed by atoms with Crippen molar-refractivity contribution in [3.8, 4) is 16.8 Å². The lowest BCUT2D eigenvalue weighted by molar-refractivity contribution is 0.962. The zero-order chi connectivity index (χ0) is 23.8. The smallest absolute Gasteiger partial charge is 0.126 e. The SMILES string of the molecule is Cn1c2ccccc2c2c3cc(-c4ccc5sc6ccccc6c5c4)ccc3n(-c3ccccc3)c21. The Balaban J connectivity index is 1.46. The minimum atomic E-state index is 1.18. The molecule has 8 rings (SSSR count). The van der Waals surface area contributed by atoms with Gasteiger partial charge >= 0.3 is 0 Å². The average molecular weight is 479 g/mol. The van der Waals surface area contributed by atoms with Crippen LogP contribution in [-0.2, 0) is 7.05 Å². The summed E-state index contributed by atoms with van der Waals surface area (Å²) >= 11 is 1.87. The van der Waals surface area contributed by atoms with E-state index < -0.39 is 0 Å². The first kappa shape index (κ1) is 19.9. The van der Waals surface area contributed by atoms with Crippen LogP contribution in [-0.4, -0.2) is 9.13 Å². The molecule has 0 unspecified atom stereocenters. The summed E-state index contributed by atoms with van der Waals surface area (Å²) in [5.41, 5.74) is 7.41. The maximum atomic E-state index is 2.41. The van der Waals surface area contributed by atoms with Gasteiger partial charge in [0.25, 0.3) is 0 Å². The predicted octanol–water partition coefficient (Wildman–Crippen LogP) is 9.31. The summed E-state index contributed by atoms with van der Waals surface area (Å²) in [6.45, 7) is 0. The summed E-state index contributed by atoms with van der Waals surface area (Å²) < 4.78 is 7.43. The standard InChI is InChI=1S/C33H22N2S/c1-34-28-13-7-5-12-25(28)32-27-20-21(15-17-29(27)35(33(32)34)23-9-3-2-4-10-23)22-16-18-31-26(19-22)24-11-6-8-14-30(24)36-31/h2-20H,1H3. The fourth-order valence-electron chi connectivity index (χ4n) is 5.88. The van der Waals surface area contributed by atoms with Gasteiger partial charge in [0.05, 0.1) is 11.0 Å². The van der Waals surface area contributed by atoms with Crippen LogP contribution in [0.25, 0.3) is 69.8 Å². The van der Waals surface area contributed by atoms with Crippen molar-refractivity contribution in [3.63, 3.8) is 0 Å². The monoisotopic (exact) mass is 478 g/mol. The summed E-state index contributed by atoms with van der Waals surface area (Å²) in [7, 11) is 2.18. The average Bonchev–Trinajstić information content (AvgIpc) is 3.57. The molecule has 2 nitrogen and oxygen atoms in total. The van der Waals surface area contributed by atoms with Gasteiger partial charge in [-0.3, -0.25) is 4.57 Å². The molecule has 5 aromatic carbocycles. The van der Waals surface area contributed by atoms with Gasteiger partial charge in [0.1, 0.15) is 5.65 Å². The third-order valence-corrected chi connectivity index (χ3v) is 8.67. The van der Waals surface area contributed by atoms with Crippen LogP contribution in [0.4, 0.5) is 0 Å². The van der Waals surface area contributed by atoms with E-state index in [1.165, 1.54) is 69.8 Å². The zero-order valence-electron chi connectivity index (χ0n) is 19.8. The number of thiophene rings is 1. The molecule has 0 N–H and O–H groups in total. The van der Waals surface area contributed by atoms with Gasteiger partial charge in [-0.15, -0.1) is 11.3 Å². The second-order valence-corrected chi connectivity index (χ2v) is 10.6. The van der Waals surface area contributed by atoms with E-state index in [1.54, 1.807) is 0 Å². The second-order valence-electron chi connectivity index (χ2n) is 9.49. The Kier molecular flexibility index (Phi) is 4.05. The molecular formula is C33H22N2S. The van der Waals surface area contributed by atoms with E-state index in [1.807, 2.05) is 11.3 Å². The first-order chi connectivity index (χ1) is 17.8. The summed E-state index contributed by atoms with van der Waals surface area (Å²) in [5.74, 6) is 0. The van der Waals surface area contributed by atoms with Crippen molar-refractivity contribution in [2.75, 3.05) is 0 Å². The maximum absolute atomic E-state index is 2.41. The second kappa shape index (κ2) is 7.33. The van der Waals surface area contributed by atoms with E-state index in [9.17, 15) is 0 Å². The normalized spacial score (nSPS) is 12.0. The number of nitrogens with zero attached hydrogens (tertiary/aromatic N) is 2. The number of hydrogen-bond acceptors (Lipinski definition) is 1. The minimum absolute atomic E-state index is 1.18. The van der Waals surface area contributed by atoms with E-state index >= 15 is 0 Å². The lowest BCUT2D eigenvalue weighted by Gasteiger charge is -2.10. The van der Waals surface area contributed by atoms with Crippen molar-refractivity contribution in [3.05, 3.63) is 115 Å². The van der Waals surface area contributed by atoms with Crippen molar-refractivity contribution < 1.29 is 0 Å².